The number of aromatic nitrogens is 1. The van der Waals surface area contributed by atoms with E-state index in [-0.39, 0.29) is 4.60 Å². The molecule has 1 rings (SSSR count). The number of rotatable bonds is 2. The smallest absolute Gasteiger partial charge is 0.338 e. The van der Waals surface area contributed by atoms with Crippen molar-refractivity contribution >= 4 is 21.9 Å². The number of carbonyl (C=O) groups is 1. The van der Waals surface area contributed by atoms with Crippen LogP contribution in [0.3, 0.4) is 0 Å². The zero-order valence-electron chi connectivity index (χ0n) is 7.43. The number of hydrogen-bond acceptors (Lipinski definition) is 3. The van der Waals surface area contributed by atoms with Crippen molar-refractivity contribution in [2.24, 2.45) is 0 Å². The topological polar surface area (TPSA) is 39.2 Å². The molecule has 0 radical (unpaired) electrons. The van der Waals surface area contributed by atoms with E-state index >= 15 is 0 Å². The molecule has 0 atom stereocenters. The van der Waals surface area contributed by atoms with Gasteiger partial charge in [0.15, 0.2) is 0 Å². The monoisotopic (exact) mass is 283 g/mol. The molecule has 0 aliphatic rings. The van der Waals surface area contributed by atoms with Crippen molar-refractivity contribution in [1.29, 1.82) is 0 Å². The summed E-state index contributed by atoms with van der Waals surface area (Å²) in [5.41, 5.74) is -1.59. The summed E-state index contributed by atoms with van der Waals surface area (Å²) < 4.78 is 42.1. The van der Waals surface area contributed by atoms with Crippen molar-refractivity contribution in [2.45, 2.75) is 6.43 Å². The van der Waals surface area contributed by atoms with Gasteiger partial charge in [-0.2, -0.15) is 4.39 Å². The predicted octanol–water partition coefficient (Wildman–Crippen LogP) is 2.71. The highest BCUT2D eigenvalue weighted by Gasteiger charge is 2.25. The molecule has 15 heavy (non-hydrogen) atoms. The largest absolute Gasteiger partial charge is 0.465 e. The molecule has 1 aromatic heterocycles. The van der Waals surface area contributed by atoms with Crippen molar-refractivity contribution in [3.63, 3.8) is 0 Å². The van der Waals surface area contributed by atoms with Crippen LogP contribution in [0.15, 0.2) is 10.7 Å². The quantitative estimate of drug-likeness (QED) is 0.619. The zero-order chi connectivity index (χ0) is 11.6. The third-order valence-electron chi connectivity index (χ3n) is 1.60. The maximum Gasteiger partial charge on any atom is 0.338 e. The summed E-state index contributed by atoms with van der Waals surface area (Å²) in [5, 5.41) is 0. The fraction of sp³-hybridized carbons (Fsp3) is 0.250. The highest BCUT2D eigenvalue weighted by atomic mass is 79.9. The summed E-state index contributed by atoms with van der Waals surface area (Å²) in [6.07, 6.45) is -3.13. The van der Waals surface area contributed by atoms with Crippen LogP contribution in [0.5, 0.6) is 0 Å². The van der Waals surface area contributed by atoms with Gasteiger partial charge in [-0.1, -0.05) is 0 Å². The Morgan fingerprint density at radius 1 is 1.60 bits per heavy atom. The lowest BCUT2D eigenvalue weighted by Gasteiger charge is -2.07. The fourth-order valence-electron chi connectivity index (χ4n) is 0.981. The standard InChI is InChI=1S/C8H5BrF3NO2/c1-15-8(14)3-2-4(9)13-7(12)5(3)6(10)11/h2,6H,1H3. The van der Waals surface area contributed by atoms with Gasteiger partial charge in [0.25, 0.3) is 6.43 Å². The number of ether oxygens (including phenoxy) is 1. The average molecular weight is 284 g/mol. The van der Waals surface area contributed by atoms with Gasteiger partial charge in [0.2, 0.25) is 5.95 Å². The lowest BCUT2D eigenvalue weighted by Crippen LogP contribution is -2.10. The van der Waals surface area contributed by atoms with Crippen molar-refractivity contribution in [3.05, 3.63) is 27.7 Å². The van der Waals surface area contributed by atoms with Gasteiger partial charge in [-0.05, 0) is 22.0 Å². The number of alkyl halides is 2. The number of halogens is 4. The Morgan fingerprint density at radius 2 is 2.20 bits per heavy atom. The van der Waals surface area contributed by atoms with Crippen molar-refractivity contribution < 1.29 is 22.7 Å². The maximum atomic E-state index is 13.0. The second-order valence-electron chi connectivity index (χ2n) is 2.49. The number of methoxy groups -OCH3 is 1. The SMILES string of the molecule is COC(=O)c1cc(Br)nc(F)c1C(F)F. The van der Waals surface area contributed by atoms with E-state index in [2.05, 4.69) is 25.7 Å². The lowest BCUT2D eigenvalue weighted by atomic mass is 10.1. The van der Waals surface area contributed by atoms with Crippen molar-refractivity contribution in [1.82, 2.24) is 4.98 Å². The minimum atomic E-state index is -3.13. The summed E-state index contributed by atoms with van der Waals surface area (Å²) in [4.78, 5) is 14.2. The number of carbonyl (C=O) groups excluding carboxylic acids is 1. The molecule has 1 heterocycles. The van der Waals surface area contributed by atoms with E-state index in [4.69, 9.17) is 0 Å². The van der Waals surface area contributed by atoms with Crippen LogP contribution in [0.2, 0.25) is 0 Å². The van der Waals surface area contributed by atoms with E-state index in [1.54, 1.807) is 0 Å². The second kappa shape index (κ2) is 4.61. The van der Waals surface area contributed by atoms with Crippen molar-refractivity contribution in [3.8, 4) is 0 Å². The van der Waals surface area contributed by atoms with Crippen LogP contribution >= 0.6 is 15.9 Å². The molecule has 82 valence electrons. The number of esters is 1. The summed E-state index contributed by atoms with van der Waals surface area (Å²) in [6, 6.07) is 0.983. The normalized spacial score (nSPS) is 10.5. The Kier molecular flexibility index (Phi) is 3.67. The molecule has 0 aliphatic carbocycles. The molecule has 0 spiro atoms. The Balaban J connectivity index is 3.40. The molecule has 0 N–H and O–H groups in total. The van der Waals surface area contributed by atoms with Gasteiger partial charge in [-0.15, -0.1) is 0 Å². The lowest BCUT2D eigenvalue weighted by molar-refractivity contribution is 0.0586. The molecule has 0 amide bonds. The number of nitrogens with zero attached hydrogens (tertiary/aromatic N) is 1. The highest BCUT2D eigenvalue weighted by Crippen LogP contribution is 2.27. The first-order valence-electron chi connectivity index (χ1n) is 3.69. The zero-order valence-corrected chi connectivity index (χ0v) is 9.02. The van der Waals surface area contributed by atoms with Crippen LogP contribution in [0, 0.1) is 5.95 Å². The van der Waals surface area contributed by atoms with Crippen LogP contribution in [-0.4, -0.2) is 18.1 Å². The molecule has 7 heteroatoms. The predicted molar refractivity (Wildman–Crippen MR) is 48.2 cm³/mol. The highest BCUT2D eigenvalue weighted by molar-refractivity contribution is 9.10. The first-order valence-corrected chi connectivity index (χ1v) is 4.49. The molecule has 0 aromatic carbocycles. The third-order valence-corrected chi connectivity index (χ3v) is 2.01. The summed E-state index contributed by atoms with van der Waals surface area (Å²) in [6.45, 7) is 0. The van der Waals surface area contributed by atoms with Gasteiger partial charge in [0.1, 0.15) is 4.60 Å². The van der Waals surface area contributed by atoms with Crippen LogP contribution < -0.4 is 0 Å². The molecule has 0 saturated carbocycles. The fourth-order valence-corrected chi connectivity index (χ4v) is 1.37. The van der Waals surface area contributed by atoms with Gasteiger partial charge in [0.05, 0.1) is 18.2 Å². The molecule has 0 saturated heterocycles. The Bertz CT molecular complexity index is 398. The third kappa shape index (κ3) is 2.47. The number of hydrogen-bond donors (Lipinski definition) is 0. The second-order valence-corrected chi connectivity index (χ2v) is 3.30. The van der Waals surface area contributed by atoms with E-state index in [1.165, 1.54) is 0 Å². The Labute approximate surface area is 91.4 Å². The summed E-state index contributed by atoms with van der Waals surface area (Å²) >= 11 is 2.79. The first kappa shape index (κ1) is 12.0. The summed E-state index contributed by atoms with van der Waals surface area (Å²) in [7, 11) is 1.02. The van der Waals surface area contributed by atoms with Crippen molar-refractivity contribution in [2.75, 3.05) is 7.11 Å². The molecule has 0 bridgehead atoms. The first-order chi connectivity index (χ1) is 6.97. The van der Waals surface area contributed by atoms with Crippen LogP contribution in [0.1, 0.15) is 22.3 Å². The molecule has 0 unspecified atom stereocenters. The van der Waals surface area contributed by atoms with Gasteiger partial charge in [0, 0.05) is 0 Å². The van der Waals surface area contributed by atoms with Gasteiger partial charge in [-0.3, -0.25) is 0 Å². The Hall–Kier alpha value is -1.11. The molecular formula is C8H5BrF3NO2. The van der Waals surface area contributed by atoms with Gasteiger partial charge in [-0.25, -0.2) is 18.6 Å². The van der Waals surface area contributed by atoms with E-state index < -0.39 is 29.5 Å². The van der Waals surface area contributed by atoms with Gasteiger partial charge < -0.3 is 4.74 Å². The molecule has 1 aromatic rings. The van der Waals surface area contributed by atoms with E-state index in [1.807, 2.05) is 0 Å². The average Bonchev–Trinajstić information content (AvgIpc) is 2.14. The molecule has 0 aliphatic heterocycles. The number of pyridine rings is 1. The van der Waals surface area contributed by atoms with Crippen LogP contribution in [0.4, 0.5) is 13.2 Å². The van der Waals surface area contributed by atoms with Gasteiger partial charge >= 0.3 is 5.97 Å². The summed E-state index contributed by atoms with van der Waals surface area (Å²) in [5.74, 6) is -2.42. The molecule has 0 fully saturated rings. The molecule has 3 nitrogen and oxygen atoms in total. The van der Waals surface area contributed by atoms with Crippen LogP contribution in [-0.2, 0) is 4.74 Å². The minimum Gasteiger partial charge on any atom is -0.465 e. The van der Waals surface area contributed by atoms with E-state index in [0.717, 1.165) is 13.2 Å². The van der Waals surface area contributed by atoms with E-state index in [9.17, 15) is 18.0 Å². The minimum absolute atomic E-state index is 0.0511. The van der Waals surface area contributed by atoms with E-state index in [0.29, 0.717) is 0 Å². The maximum absolute atomic E-state index is 13.0. The molecular weight excluding hydrogens is 279 g/mol. The Morgan fingerprint density at radius 3 is 2.67 bits per heavy atom. The van der Waals surface area contributed by atoms with Crippen LogP contribution in [0.25, 0.3) is 0 Å².